The monoisotopic (exact) mass is 643 g/mol. The number of hydrogen-bond acceptors (Lipinski definition) is 8. The molecule has 0 unspecified atom stereocenters. The minimum Gasteiger partial charge on any atom is -0.489 e. The maximum atomic E-state index is 13.5. The molecule has 43 heavy (non-hydrogen) atoms. The number of carbonyl (C=O) groups is 2. The average molecular weight is 644 g/mol. The number of carboxylic acids is 1. The number of sulfonamides is 1. The minimum absolute atomic E-state index is 0.0826. The summed E-state index contributed by atoms with van der Waals surface area (Å²) in [5.41, 5.74) is 0.266. The van der Waals surface area contributed by atoms with Crippen molar-refractivity contribution in [3.63, 3.8) is 0 Å². The Kier molecular flexibility index (Phi) is 22.9. The van der Waals surface area contributed by atoms with E-state index >= 15 is 0 Å². The van der Waals surface area contributed by atoms with Crippen LogP contribution in [0, 0.1) is 18.3 Å². The Morgan fingerprint density at radius 2 is 1.65 bits per heavy atom. The van der Waals surface area contributed by atoms with Gasteiger partial charge in [0.1, 0.15) is 12.4 Å². The van der Waals surface area contributed by atoms with Gasteiger partial charge in [-0.25, -0.2) is 4.98 Å². The smallest absolute Gasteiger partial charge is 0.308 e. The quantitative estimate of drug-likeness (QED) is 0.309. The van der Waals surface area contributed by atoms with Crippen LogP contribution >= 0.6 is 11.3 Å². The summed E-state index contributed by atoms with van der Waals surface area (Å²) in [6.45, 7) is 24.3. The number of thiazole rings is 1. The van der Waals surface area contributed by atoms with Gasteiger partial charge in [0.15, 0.2) is 0 Å². The molecule has 0 saturated heterocycles. The highest BCUT2D eigenvalue weighted by Gasteiger charge is 2.35. The van der Waals surface area contributed by atoms with Crippen LogP contribution in [-0.2, 0) is 26.0 Å². The lowest BCUT2D eigenvalue weighted by Crippen LogP contribution is -2.38. The van der Waals surface area contributed by atoms with Crippen LogP contribution in [0.4, 0.5) is 11.4 Å². The van der Waals surface area contributed by atoms with Crippen molar-refractivity contribution >= 4 is 44.6 Å². The minimum atomic E-state index is -3.97. The predicted octanol–water partition coefficient (Wildman–Crippen LogP) is 7.48. The Morgan fingerprint density at radius 1 is 1.14 bits per heavy atom. The third kappa shape index (κ3) is 14.6. The van der Waals surface area contributed by atoms with Crippen molar-refractivity contribution in [3.8, 4) is 23.7 Å². The summed E-state index contributed by atoms with van der Waals surface area (Å²) in [6, 6.07) is 4.90. The van der Waals surface area contributed by atoms with Gasteiger partial charge in [0.2, 0.25) is 16.0 Å². The molecule has 1 aliphatic heterocycles. The van der Waals surface area contributed by atoms with Crippen LogP contribution in [0.3, 0.4) is 0 Å². The van der Waals surface area contributed by atoms with Crippen molar-refractivity contribution in [1.82, 2.24) is 4.98 Å². The molecule has 0 saturated carbocycles. The predicted molar refractivity (Wildman–Crippen MR) is 179 cm³/mol. The lowest BCUT2D eigenvalue weighted by atomic mass is 9.98. The number of hydrogen-bond donors (Lipinski definition) is 2. The van der Waals surface area contributed by atoms with Crippen LogP contribution in [0.15, 0.2) is 23.2 Å². The van der Waals surface area contributed by atoms with Crippen molar-refractivity contribution < 1.29 is 32.6 Å². The Bertz CT molecular complexity index is 1220. The van der Waals surface area contributed by atoms with E-state index in [9.17, 15) is 18.0 Å². The molecule has 10 nitrogen and oxygen atoms in total. The zero-order valence-corrected chi connectivity index (χ0v) is 29.8. The highest BCUT2D eigenvalue weighted by Crippen LogP contribution is 2.40. The number of carboxylic acid groups (broad SMARTS) is 1. The van der Waals surface area contributed by atoms with Gasteiger partial charge in [-0.3, -0.25) is 13.9 Å². The highest BCUT2D eigenvalue weighted by atomic mass is 32.2. The number of carbonyl (C=O) groups excluding carboxylic acids is 1. The van der Waals surface area contributed by atoms with E-state index in [1.54, 1.807) is 39.0 Å². The second-order valence-electron chi connectivity index (χ2n) is 9.06. The first kappa shape index (κ1) is 44.1. The number of amides is 1. The molecular weight excluding hydrogens is 590 g/mol. The summed E-state index contributed by atoms with van der Waals surface area (Å²) >= 11 is 1.24. The number of ether oxygens (including phenoxy) is 2. The number of aryl methyl sites for hydroxylation is 1. The summed E-state index contributed by atoms with van der Waals surface area (Å²) in [5, 5.41) is 11.8. The number of fused-ring (bicyclic) bond motifs is 1. The first-order valence-electron chi connectivity index (χ1n) is 14.5. The number of aromatic nitrogens is 1. The Balaban J connectivity index is -0.000000906. The largest absolute Gasteiger partial charge is 0.489 e. The molecule has 0 bridgehead atoms. The van der Waals surface area contributed by atoms with E-state index in [2.05, 4.69) is 23.1 Å². The lowest BCUT2D eigenvalue weighted by Gasteiger charge is -2.30. The fraction of sp³-hybridized carbons (Fsp3) is 0.581. The number of nitrogens with one attached hydrogen (secondary N) is 1. The summed E-state index contributed by atoms with van der Waals surface area (Å²) in [7, 11) is -3.97. The van der Waals surface area contributed by atoms with Crippen LogP contribution in [0.5, 0.6) is 10.8 Å². The molecule has 246 valence electrons. The molecule has 0 aliphatic carbocycles. The molecule has 0 radical (unpaired) electrons. The van der Waals surface area contributed by atoms with Crippen LogP contribution in [-0.4, -0.2) is 49.6 Å². The van der Waals surface area contributed by atoms with Crippen molar-refractivity contribution in [2.24, 2.45) is 5.41 Å². The lowest BCUT2D eigenvalue weighted by molar-refractivity contribution is -0.145. The van der Waals surface area contributed by atoms with Crippen LogP contribution in [0.1, 0.15) is 95.0 Å². The number of anilines is 2. The third-order valence-electron chi connectivity index (χ3n) is 4.53. The molecular formula is C31H53N3O7S2. The molecule has 2 aromatic rings. The summed E-state index contributed by atoms with van der Waals surface area (Å²) in [5.74, 6) is -0.570. The van der Waals surface area contributed by atoms with Gasteiger partial charge in [-0.05, 0) is 59.2 Å². The van der Waals surface area contributed by atoms with E-state index in [0.29, 0.717) is 28.6 Å². The molecule has 1 amide bonds. The number of aliphatic carboxylic acids is 1. The van der Waals surface area contributed by atoms with E-state index in [0.717, 1.165) is 0 Å². The molecule has 12 heteroatoms. The number of terminal acetylenes is 1. The van der Waals surface area contributed by atoms with Gasteiger partial charge in [-0.2, -0.15) is 8.42 Å². The molecule has 1 aromatic heterocycles. The SMILES string of the molecule is C#C.CC.CC.CC.CC(C)(C)C(=O)O.CCc1nc(S(=O)(=O)N2CCOc3ccc(NC(C)=O)cc32)c(OC(C)C)s1. The summed E-state index contributed by atoms with van der Waals surface area (Å²) in [6.07, 6.45) is 8.43. The molecule has 0 atom stereocenters. The summed E-state index contributed by atoms with van der Waals surface area (Å²) in [4.78, 5) is 25.7. The summed E-state index contributed by atoms with van der Waals surface area (Å²) < 4.78 is 39.5. The first-order chi connectivity index (χ1) is 20.2. The van der Waals surface area contributed by atoms with Gasteiger partial charge in [0.25, 0.3) is 10.0 Å². The zero-order valence-electron chi connectivity index (χ0n) is 28.2. The Hall–Kier alpha value is -3.30. The van der Waals surface area contributed by atoms with Gasteiger partial charge in [-0.15, -0.1) is 12.8 Å². The molecule has 2 heterocycles. The molecule has 1 aliphatic rings. The van der Waals surface area contributed by atoms with E-state index in [4.69, 9.17) is 14.6 Å². The average Bonchev–Trinajstić information content (AvgIpc) is 3.39. The fourth-order valence-corrected chi connectivity index (χ4v) is 5.54. The normalized spacial score (nSPS) is 11.3. The number of benzene rings is 1. The van der Waals surface area contributed by atoms with Gasteiger partial charge in [0.05, 0.1) is 28.8 Å². The van der Waals surface area contributed by atoms with Crippen LogP contribution in [0.25, 0.3) is 0 Å². The Labute approximate surface area is 264 Å². The van der Waals surface area contributed by atoms with Crippen LogP contribution in [0.2, 0.25) is 0 Å². The number of nitrogens with zero attached hydrogens (tertiary/aromatic N) is 2. The van der Waals surface area contributed by atoms with Crippen molar-refractivity contribution in [1.29, 1.82) is 0 Å². The molecule has 2 N–H and O–H groups in total. The molecule has 0 spiro atoms. The third-order valence-corrected chi connectivity index (χ3v) is 7.48. The highest BCUT2D eigenvalue weighted by molar-refractivity contribution is 7.93. The van der Waals surface area contributed by atoms with Crippen molar-refractivity contribution in [2.75, 3.05) is 22.8 Å². The van der Waals surface area contributed by atoms with Crippen molar-refractivity contribution in [3.05, 3.63) is 23.2 Å². The zero-order chi connectivity index (χ0) is 34.6. The van der Waals surface area contributed by atoms with Crippen molar-refractivity contribution in [2.45, 2.75) is 108 Å². The van der Waals surface area contributed by atoms with E-state index in [-0.39, 0.29) is 35.3 Å². The topological polar surface area (TPSA) is 135 Å². The van der Waals surface area contributed by atoms with Gasteiger partial charge in [0, 0.05) is 12.6 Å². The Morgan fingerprint density at radius 3 is 2.07 bits per heavy atom. The second kappa shape index (κ2) is 22.3. The van der Waals surface area contributed by atoms with Gasteiger partial charge >= 0.3 is 5.97 Å². The standard InChI is InChI=1S/C18H23N3O5S2.C5H10O2.3C2H6.C2H2/c1-5-16-20-17(18(27-16)26-11(2)3)28(23,24)21-8-9-25-15-7-6-13(10-14(15)21)19-12(4)22;1-5(2,3)4(6)7;4*1-2/h6-7,10-11H,5,8-9H2,1-4H3,(H,19,22);1-3H3,(H,6,7);3*1-2H3;1-2H. The maximum Gasteiger partial charge on any atom is 0.308 e. The van der Waals surface area contributed by atoms with E-state index in [1.807, 2.05) is 62.3 Å². The van der Waals surface area contributed by atoms with E-state index in [1.165, 1.54) is 22.6 Å². The van der Waals surface area contributed by atoms with E-state index < -0.39 is 21.4 Å². The molecule has 0 fully saturated rings. The van der Waals surface area contributed by atoms with Crippen LogP contribution < -0.4 is 19.1 Å². The second-order valence-corrected chi connectivity index (χ2v) is 11.9. The fourth-order valence-electron chi connectivity index (χ4n) is 2.76. The number of rotatable bonds is 6. The van der Waals surface area contributed by atoms with Gasteiger partial charge < -0.3 is 19.9 Å². The maximum absolute atomic E-state index is 13.5. The first-order valence-corrected chi connectivity index (χ1v) is 16.7. The molecule has 3 rings (SSSR count). The van der Waals surface area contributed by atoms with Gasteiger partial charge in [-0.1, -0.05) is 59.8 Å². The molecule has 1 aromatic carbocycles.